The third kappa shape index (κ3) is 3.14. The van der Waals surface area contributed by atoms with Crippen LogP contribution in [-0.4, -0.2) is 15.2 Å². The fourth-order valence-corrected chi connectivity index (χ4v) is 2.90. The molecular formula is C21H16ClNO2. The number of pyridine rings is 1. The summed E-state index contributed by atoms with van der Waals surface area (Å²) in [5.74, 6) is 0.189. The molecule has 1 heterocycles. The molecule has 3 nitrogen and oxygen atoms in total. The summed E-state index contributed by atoms with van der Waals surface area (Å²) in [6.07, 6.45) is 0. The molecule has 0 radical (unpaired) electrons. The van der Waals surface area contributed by atoms with Crippen molar-refractivity contribution in [3.8, 4) is 33.9 Å². The molecule has 0 aliphatic heterocycles. The van der Waals surface area contributed by atoms with Gasteiger partial charge in [0.1, 0.15) is 11.5 Å². The molecule has 4 aromatic rings. The maximum atomic E-state index is 10.2. The number of hydrogen-bond donors (Lipinski definition) is 2. The first kappa shape index (κ1) is 16.8. The molecule has 0 bridgehead atoms. The molecule has 0 saturated carbocycles. The second kappa shape index (κ2) is 6.83. The van der Waals surface area contributed by atoms with Gasteiger partial charge in [-0.1, -0.05) is 48.5 Å². The van der Waals surface area contributed by atoms with E-state index >= 15 is 0 Å². The number of aromatic hydroxyl groups is 2. The fourth-order valence-electron chi connectivity index (χ4n) is 2.90. The highest BCUT2D eigenvalue weighted by atomic mass is 35.5. The maximum absolute atomic E-state index is 10.2. The molecule has 124 valence electrons. The van der Waals surface area contributed by atoms with Gasteiger partial charge in [0.15, 0.2) is 0 Å². The van der Waals surface area contributed by atoms with Gasteiger partial charge in [0.25, 0.3) is 0 Å². The molecule has 3 aromatic carbocycles. The van der Waals surface area contributed by atoms with Crippen LogP contribution >= 0.6 is 12.4 Å². The van der Waals surface area contributed by atoms with Crippen molar-refractivity contribution in [3.63, 3.8) is 0 Å². The Morgan fingerprint density at radius 1 is 0.680 bits per heavy atom. The van der Waals surface area contributed by atoms with E-state index in [2.05, 4.69) is 4.98 Å². The molecule has 0 fully saturated rings. The number of fused-ring (bicyclic) bond motifs is 1. The van der Waals surface area contributed by atoms with Crippen LogP contribution < -0.4 is 0 Å². The lowest BCUT2D eigenvalue weighted by Gasteiger charge is -2.11. The molecule has 2 N–H and O–H groups in total. The van der Waals surface area contributed by atoms with E-state index in [4.69, 9.17) is 0 Å². The zero-order valence-corrected chi connectivity index (χ0v) is 14.1. The number of hydrogen-bond acceptors (Lipinski definition) is 3. The first-order chi connectivity index (χ1) is 11.7. The van der Waals surface area contributed by atoms with E-state index in [0.29, 0.717) is 11.3 Å². The third-order valence-electron chi connectivity index (χ3n) is 4.06. The van der Waals surface area contributed by atoms with Gasteiger partial charge in [0.05, 0.1) is 11.2 Å². The minimum Gasteiger partial charge on any atom is -0.508 e. The van der Waals surface area contributed by atoms with Gasteiger partial charge in [-0.25, -0.2) is 4.98 Å². The summed E-state index contributed by atoms with van der Waals surface area (Å²) in [4.78, 5) is 4.66. The number of phenolic OH excluding ortho intramolecular Hbond substituents is 2. The molecule has 0 aliphatic rings. The van der Waals surface area contributed by atoms with Gasteiger partial charge in [-0.3, -0.25) is 0 Å². The highest BCUT2D eigenvalue weighted by Crippen LogP contribution is 2.36. The zero-order valence-electron chi connectivity index (χ0n) is 13.3. The predicted octanol–water partition coefficient (Wildman–Crippen LogP) is 5.40. The number of para-hydroxylation sites is 1. The van der Waals surface area contributed by atoms with Crippen LogP contribution in [0.15, 0.2) is 78.9 Å². The van der Waals surface area contributed by atoms with Crippen molar-refractivity contribution in [3.05, 3.63) is 78.9 Å². The number of nitrogens with zero attached hydrogens (tertiary/aromatic N) is 1. The number of benzene rings is 3. The quantitative estimate of drug-likeness (QED) is 0.476. The van der Waals surface area contributed by atoms with Crippen molar-refractivity contribution in [2.45, 2.75) is 0 Å². The summed E-state index contributed by atoms with van der Waals surface area (Å²) in [7, 11) is 0. The van der Waals surface area contributed by atoms with Crippen molar-refractivity contribution in [1.82, 2.24) is 4.98 Å². The third-order valence-corrected chi connectivity index (χ3v) is 4.06. The average Bonchev–Trinajstić information content (AvgIpc) is 2.63. The van der Waals surface area contributed by atoms with Gasteiger partial charge in [-0.05, 0) is 41.5 Å². The van der Waals surface area contributed by atoms with Crippen molar-refractivity contribution in [1.29, 1.82) is 0 Å². The molecule has 0 spiro atoms. The van der Waals surface area contributed by atoms with Crippen molar-refractivity contribution >= 4 is 23.3 Å². The molecular weight excluding hydrogens is 334 g/mol. The summed E-state index contributed by atoms with van der Waals surface area (Å²) in [6, 6.07) is 24.4. The van der Waals surface area contributed by atoms with Gasteiger partial charge in [0, 0.05) is 10.9 Å². The van der Waals surface area contributed by atoms with E-state index in [-0.39, 0.29) is 23.9 Å². The number of aromatic nitrogens is 1. The van der Waals surface area contributed by atoms with E-state index in [1.165, 1.54) is 18.2 Å². The largest absolute Gasteiger partial charge is 0.508 e. The Balaban J connectivity index is 0.00000182. The van der Waals surface area contributed by atoms with Gasteiger partial charge in [0.2, 0.25) is 0 Å². The number of rotatable bonds is 2. The summed E-state index contributed by atoms with van der Waals surface area (Å²) in [6.45, 7) is 0. The summed E-state index contributed by atoms with van der Waals surface area (Å²) < 4.78 is 0. The Morgan fingerprint density at radius 2 is 1.40 bits per heavy atom. The van der Waals surface area contributed by atoms with E-state index in [1.54, 1.807) is 0 Å². The lowest BCUT2D eigenvalue weighted by Crippen LogP contribution is -1.90. The molecule has 0 aliphatic carbocycles. The Morgan fingerprint density at radius 3 is 2.20 bits per heavy atom. The molecule has 4 rings (SSSR count). The number of phenols is 2. The van der Waals surface area contributed by atoms with Gasteiger partial charge in [-0.15, -0.1) is 12.4 Å². The Labute approximate surface area is 151 Å². The molecule has 4 heteroatoms. The van der Waals surface area contributed by atoms with Crippen molar-refractivity contribution in [2.75, 3.05) is 0 Å². The van der Waals surface area contributed by atoms with Crippen LogP contribution in [0.3, 0.4) is 0 Å². The van der Waals surface area contributed by atoms with Crippen molar-refractivity contribution < 1.29 is 10.2 Å². The van der Waals surface area contributed by atoms with Crippen LogP contribution in [-0.2, 0) is 0 Å². The summed E-state index contributed by atoms with van der Waals surface area (Å²) in [5, 5.41) is 21.0. The minimum absolute atomic E-state index is 0. The van der Waals surface area contributed by atoms with Gasteiger partial charge in [-0.2, -0.15) is 0 Å². The lowest BCUT2D eigenvalue weighted by atomic mass is 9.98. The monoisotopic (exact) mass is 349 g/mol. The van der Waals surface area contributed by atoms with E-state index in [0.717, 1.165) is 22.0 Å². The van der Waals surface area contributed by atoms with Crippen LogP contribution in [0.4, 0.5) is 0 Å². The smallest absolute Gasteiger partial charge is 0.125 e. The van der Waals surface area contributed by atoms with Crippen LogP contribution in [0.25, 0.3) is 33.3 Å². The van der Waals surface area contributed by atoms with Crippen molar-refractivity contribution in [2.24, 2.45) is 0 Å². The summed E-state index contributed by atoms with van der Waals surface area (Å²) >= 11 is 0. The van der Waals surface area contributed by atoms with Crippen LogP contribution in [0.2, 0.25) is 0 Å². The highest BCUT2D eigenvalue weighted by molar-refractivity contribution is 5.97. The average molecular weight is 350 g/mol. The summed E-state index contributed by atoms with van der Waals surface area (Å²) in [5.41, 5.74) is 4.10. The topological polar surface area (TPSA) is 53.4 Å². The Bertz CT molecular complexity index is 1030. The zero-order chi connectivity index (χ0) is 16.5. The normalized spacial score (nSPS) is 10.4. The Hall–Kier alpha value is -3.04. The second-order valence-corrected chi connectivity index (χ2v) is 5.64. The molecule has 25 heavy (non-hydrogen) atoms. The van der Waals surface area contributed by atoms with E-state index in [1.807, 2.05) is 60.7 Å². The van der Waals surface area contributed by atoms with Gasteiger partial charge < -0.3 is 10.2 Å². The highest BCUT2D eigenvalue weighted by Gasteiger charge is 2.12. The predicted molar refractivity (Wildman–Crippen MR) is 103 cm³/mol. The molecule has 0 unspecified atom stereocenters. The lowest BCUT2D eigenvalue weighted by molar-refractivity contribution is 0.461. The van der Waals surface area contributed by atoms with Crippen LogP contribution in [0.1, 0.15) is 0 Å². The maximum Gasteiger partial charge on any atom is 0.125 e. The molecule has 1 aromatic heterocycles. The van der Waals surface area contributed by atoms with E-state index < -0.39 is 0 Å². The standard InChI is InChI=1S/C21H15NO2.ClH/c23-15-10-11-21(24)18(12-15)20-13-17(14-6-2-1-3-7-14)16-8-4-5-9-19(16)22-20;/h1-13,23-24H;1H. The van der Waals surface area contributed by atoms with Gasteiger partial charge >= 0.3 is 0 Å². The first-order valence-electron chi connectivity index (χ1n) is 7.70. The SMILES string of the molecule is Cl.Oc1ccc(O)c(-c2cc(-c3ccccc3)c3ccccc3n2)c1. The molecule has 0 amide bonds. The van der Waals surface area contributed by atoms with E-state index in [9.17, 15) is 10.2 Å². The minimum atomic E-state index is 0. The van der Waals surface area contributed by atoms with Crippen LogP contribution in [0, 0.1) is 0 Å². The Kier molecular flexibility index (Phi) is 4.59. The second-order valence-electron chi connectivity index (χ2n) is 5.64. The molecule has 0 atom stereocenters. The first-order valence-corrected chi connectivity index (χ1v) is 7.70. The molecule has 0 saturated heterocycles. The fraction of sp³-hybridized carbons (Fsp3) is 0. The number of halogens is 1. The van der Waals surface area contributed by atoms with Crippen LogP contribution in [0.5, 0.6) is 11.5 Å².